The van der Waals surface area contributed by atoms with E-state index in [0.717, 1.165) is 38.2 Å². The molecule has 3 aliphatic rings. The van der Waals surface area contributed by atoms with Gasteiger partial charge in [-0.25, -0.2) is 0 Å². The molecule has 10 heteroatoms. The second-order valence-corrected chi connectivity index (χ2v) is 16.0. The van der Waals surface area contributed by atoms with Crippen molar-refractivity contribution in [1.82, 2.24) is 20.4 Å². The maximum Gasteiger partial charge on any atom is 0.244 e. The third-order valence-corrected chi connectivity index (χ3v) is 11.5. The summed E-state index contributed by atoms with van der Waals surface area (Å²) >= 11 is 3.42. The molecule has 3 amide bonds. The Balaban J connectivity index is 0.00000506. The number of piperidine rings is 1. The summed E-state index contributed by atoms with van der Waals surface area (Å²) in [6.07, 6.45) is 8.66. The molecule has 3 fully saturated rings. The Morgan fingerprint density at radius 2 is 1.70 bits per heavy atom. The van der Waals surface area contributed by atoms with Gasteiger partial charge in [0.2, 0.25) is 17.7 Å². The number of likely N-dealkylation sites (tertiary alicyclic amines) is 1. The summed E-state index contributed by atoms with van der Waals surface area (Å²) in [4.78, 5) is 44.3. The number of amides is 3. The highest BCUT2D eigenvalue weighted by atomic mass is 35.5. The maximum absolute atomic E-state index is 13.7. The predicted molar refractivity (Wildman–Crippen MR) is 183 cm³/mol. The van der Waals surface area contributed by atoms with Gasteiger partial charge in [0.1, 0.15) is 12.1 Å². The fraction of sp³-hybridized carbons (Fsp3) is 0.727. The molecule has 2 N–H and O–H groups in total. The fourth-order valence-corrected chi connectivity index (χ4v) is 8.96. The first-order chi connectivity index (χ1) is 20.1. The smallest absolute Gasteiger partial charge is 0.244 e. The molecule has 1 unspecified atom stereocenters. The van der Waals surface area contributed by atoms with Crippen LogP contribution in [0.25, 0.3) is 0 Å². The normalized spacial score (nSPS) is 22.2. The predicted octanol–water partition coefficient (Wildman–Crippen LogP) is 5.71. The van der Waals surface area contributed by atoms with Crippen LogP contribution < -0.4 is 10.6 Å². The van der Waals surface area contributed by atoms with Crippen LogP contribution in [0.4, 0.5) is 0 Å². The lowest BCUT2D eigenvalue weighted by Gasteiger charge is -2.35. The summed E-state index contributed by atoms with van der Waals surface area (Å²) in [5, 5.41) is 6.40. The van der Waals surface area contributed by atoms with Crippen LogP contribution in [-0.4, -0.2) is 80.9 Å². The van der Waals surface area contributed by atoms with Crippen LogP contribution in [0.1, 0.15) is 84.6 Å². The highest BCUT2D eigenvalue weighted by Crippen LogP contribution is 2.39. The third kappa shape index (κ3) is 10.9. The number of rotatable bonds is 12. The van der Waals surface area contributed by atoms with Crippen LogP contribution in [0.5, 0.6) is 0 Å². The number of hydrogen-bond donors (Lipinski definition) is 2. The Kier molecular flexibility index (Phi) is 14.5. The number of benzene rings is 1. The molecule has 2 aliphatic heterocycles. The summed E-state index contributed by atoms with van der Waals surface area (Å²) in [6.45, 7) is 10.9. The van der Waals surface area contributed by atoms with Gasteiger partial charge in [-0.3, -0.25) is 19.3 Å². The molecule has 1 aliphatic carbocycles. The number of carbonyl (C=O) groups is 3. The molecule has 2 heterocycles. The van der Waals surface area contributed by atoms with Gasteiger partial charge in [-0.1, -0.05) is 63.4 Å². The molecule has 7 nitrogen and oxygen atoms in total. The van der Waals surface area contributed by atoms with E-state index in [4.69, 9.17) is 0 Å². The molecule has 2 atom stereocenters. The van der Waals surface area contributed by atoms with E-state index in [1.165, 1.54) is 37.7 Å². The van der Waals surface area contributed by atoms with E-state index in [1.807, 2.05) is 33.8 Å². The SMILES string of the molecule is CC(C)CC(=O)N1C(C(=O)N[C@@H](CSCC2CCCCC2)C(=O)NC2CCN(Cc3ccccc3)CC2)CSC1(C)C.Cl. The first-order valence-electron chi connectivity index (χ1n) is 16.0. The number of thioether (sulfide) groups is 2. The lowest BCUT2D eigenvalue weighted by molar-refractivity contribution is -0.143. The Hall–Kier alpha value is -1.42. The minimum atomic E-state index is -0.607. The highest BCUT2D eigenvalue weighted by Gasteiger charge is 2.47. The van der Waals surface area contributed by atoms with Gasteiger partial charge in [0.15, 0.2) is 0 Å². The average Bonchev–Trinajstić information content (AvgIpc) is 3.29. The van der Waals surface area contributed by atoms with Gasteiger partial charge in [0, 0.05) is 43.6 Å². The molecule has 0 radical (unpaired) electrons. The van der Waals surface area contributed by atoms with Crippen molar-refractivity contribution in [3.05, 3.63) is 35.9 Å². The number of nitrogens with zero attached hydrogens (tertiary/aromatic N) is 2. The molecule has 43 heavy (non-hydrogen) atoms. The lowest BCUT2D eigenvalue weighted by atomic mass is 9.91. The van der Waals surface area contributed by atoms with Crippen molar-refractivity contribution in [2.45, 2.75) is 109 Å². The highest BCUT2D eigenvalue weighted by molar-refractivity contribution is 8.00. The van der Waals surface area contributed by atoms with Crippen molar-refractivity contribution in [2.24, 2.45) is 11.8 Å². The second-order valence-electron chi connectivity index (χ2n) is 13.3. The van der Waals surface area contributed by atoms with Gasteiger partial charge < -0.3 is 15.5 Å². The van der Waals surface area contributed by atoms with E-state index < -0.39 is 17.0 Å². The Morgan fingerprint density at radius 1 is 1.02 bits per heavy atom. The minimum absolute atomic E-state index is 0. The summed E-state index contributed by atoms with van der Waals surface area (Å²) in [6, 6.07) is 9.46. The lowest BCUT2D eigenvalue weighted by Crippen LogP contribution is -2.58. The van der Waals surface area contributed by atoms with Crippen LogP contribution in [0, 0.1) is 11.8 Å². The molecule has 0 spiro atoms. The topological polar surface area (TPSA) is 81.8 Å². The molecule has 4 rings (SSSR count). The zero-order chi connectivity index (χ0) is 30.1. The van der Waals surface area contributed by atoms with Gasteiger partial charge in [0.05, 0.1) is 4.87 Å². The van der Waals surface area contributed by atoms with Crippen LogP contribution in [0.2, 0.25) is 0 Å². The van der Waals surface area contributed by atoms with Gasteiger partial charge in [0.25, 0.3) is 0 Å². The van der Waals surface area contributed by atoms with Gasteiger partial charge in [-0.2, -0.15) is 11.8 Å². The quantitative estimate of drug-likeness (QED) is 0.301. The Bertz CT molecular complexity index is 1030. The van der Waals surface area contributed by atoms with Crippen LogP contribution in [0.3, 0.4) is 0 Å². The monoisotopic (exact) mass is 652 g/mol. The van der Waals surface area contributed by atoms with Crippen LogP contribution in [0.15, 0.2) is 30.3 Å². The molecular formula is C33H53ClN4O3S2. The minimum Gasteiger partial charge on any atom is -0.351 e. The third-order valence-electron chi connectivity index (χ3n) is 8.82. The van der Waals surface area contributed by atoms with Crippen LogP contribution in [-0.2, 0) is 20.9 Å². The van der Waals surface area contributed by atoms with E-state index in [1.54, 1.807) is 28.4 Å². The molecule has 242 valence electrons. The summed E-state index contributed by atoms with van der Waals surface area (Å²) < 4.78 is 0. The maximum atomic E-state index is 13.7. The first kappa shape index (κ1) is 36.1. The van der Waals surface area contributed by atoms with Gasteiger partial charge in [-0.15, -0.1) is 24.2 Å². The molecule has 1 aromatic rings. The van der Waals surface area contributed by atoms with Crippen molar-refractivity contribution < 1.29 is 14.4 Å². The Labute approximate surface area is 274 Å². The second kappa shape index (κ2) is 17.3. The van der Waals surface area contributed by atoms with E-state index in [-0.39, 0.29) is 42.1 Å². The van der Waals surface area contributed by atoms with Gasteiger partial charge >= 0.3 is 0 Å². The molecule has 0 aromatic heterocycles. The number of hydrogen-bond acceptors (Lipinski definition) is 6. The molecular weight excluding hydrogens is 600 g/mol. The standard InChI is InChI=1S/C33H52N4O3S2.ClH/c1-24(2)19-30(38)37-29(23-42-33(37,3)4)32(40)35-28(22-41-21-26-13-9-6-10-14-26)31(39)34-27-15-17-36(18-16-27)20-25-11-7-5-8-12-25;/h5,7-8,11-12,24,26-29H,6,9-10,13-23H2,1-4H3,(H,34,39)(H,35,40);1H/t28-,29?;/m0./s1. The summed E-state index contributed by atoms with van der Waals surface area (Å²) in [7, 11) is 0. The van der Waals surface area contributed by atoms with Crippen molar-refractivity contribution in [3.63, 3.8) is 0 Å². The molecule has 0 bridgehead atoms. The number of halogens is 1. The van der Waals surface area contributed by atoms with Crippen molar-refractivity contribution in [1.29, 1.82) is 0 Å². The number of nitrogens with one attached hydrogen (secondary N) is 2. The first-order valence-corrected chi connectivity index (χ1v) is 18.2. The van der Waals surface area contributed by atoms with Crippen LogP contribution >= 0.6 is 35.9 Å². The molecule has 1 saturated carbocycles. The van der Waals surface area contributed by atoms with E-state index in [2.05, 4.69) is 39.8 Å². The largest absolute Gasteiger partial charge is 0.351 e. The van der Waals surface area contributed by atoms with Gasteiger partial charge in [-0.05, 0) is 62.7 Å². The number of carbonyl (C=O) groups excluding carboxylic acids is 3. The van der Waals surface area contributed by atoms with E-state index in [9.17, 15) is 14.4 Å². The van der Waals surface area contributed by atoms with E-state index >= 15 is 0 Å². The average molecular weight is 653 g/mol. The molecule has 2 saturated heterocycles. The molecule has 1 aromatic carbocycles. The zero-order valence-corrected chi connectivity index (χ0v) is 29.0. The summed E-state index contributed by atoms with van der Waals surface area (Å²) in [5.74, 6) is 2.77. The summed E-state index contributed by atoms with van der Waals surface area (Å²) in [5.41, 5.74) is 1.31. The van der Waals surface area contributed by atoms with Crippen molar-refractivity contribution >= 4 is 53.7 Å². The zero-order valence-electron chi connectivity index (χ0n) is 26.5. The Morgan fingerprint density at radius 3 is 2.35 bits per heavy atom. The van der Waals surface area contributed by atoms with E-state index in [0.29, 0.717) is 23.8 Å². The van der Waals surface area contributed by atoms with Crippen molar-refractivity contribution in [3.8, 4) is 0 Å². The van der Waals surface area contributed by atoms with Crippen molar-refractivity contribution in [2.75, 3.05) is 30.3 Å². The fourth-order valence-electron chi connectivity index (χ4n) is 6.45.